The van der Waals surface area contributed by atoms with Gasteiger partial charge in [-0.25, -0.2) is 4.79 Å². The van der Waals surface area contributed by atoms with Gasteiger partial charge in [-0.15, -0.1) is 0 Å². The number of ether oxygens (including phenoxy) is 2. The van der Waals surface area contributed by atoms with Gasteiger partial charge in [-0.1, -0.05) is 30.3 Å². The third-order valence-electron chi connectivity index (χ3n) is 3.49. The first-order valence-electron chi connectivity index (χ1n) is 7.82. The third-order valence-corrected chi connectivity index (χ3v) is 3.49. The summed E-state index contributed by atoms with van der Waals surface area (Å²) in [5.41, 5.74) is 0.571. The molecule has 0 bridgehead atoms. The molecule has 0 fully saturated rings. The minimum atomic E-state index is -0.982. The molecule has 0 radical (unpaired) electrons. The fourth-order valence-electron chi connectivity index (χ4n) is 2.36. The van der Waals surface area contributed by atoms with Crippen LogP contribution < -0.4 is 10.1 Å². The molecule has 2 aromatic rings. The van der Waals surface area contributed by atoms with Crippen molar-refractivity contribution < 1.29 is 24.0 Å². The van der Waals surface area contributed by atoms with E-state index in [9.17, 15) is 19.7 Å². The van der Waals surface area contributed by atoms with Crippen molar-refractivity contribution in [1.82, 2.24) is 5.32 Å². The first-order chi connectivity index (χ1) is 12.4. The maximum Gasteiger partial charge on any atom is 0.514 e. The van der Waals surface area contributed by atoms with Crippen molar-refractivity contribution in [3.05, 3.63) is 70.3 Å². The molecular formula is C18H18N2O6. The largest absolute Gasteiger partial charge is 0.514 e. The van der Waals surface area contributed by atoms with Gasteiger partial charge in [-0.05, 0) is 24.6 Å². The van der Waals surface area contributed by atoms with Gasteiger partial charge in [0.25, 0.3) is 5.69 Å². The maximum atomic E-state index is 12.1. The van der Waals surface area contributed by atoms with E-state index in [1.807, 2.05) is 6.07 Å². The Morgan fingerprint density at radius 2 is 1.69 bits per heavy atom. The van der Waals surface area contributed by atoms with Gasteiger partial charge in [0.05, 0.1) is 11.0 Å². The van der Waals surface area contributed by atoms with Crippen molar-refractivity contribution in [1.29, 1.82) is 0 Å². The van der Waals surface area contributed by atoms with Gasteiger partial charge < -0.3 is 14.8 Å². The molecular weight excluding hydrogens is 340 g/mol. The normalized spacial score (nSPS) is 12.5. The molecule has 0 saturated carbocycles. The molecule has 2 aromatic carbocycles. The first kappa shape index (κ1) is 18.9. The van der Waals surface area contributed by atoms with Gasteiger partial charge in [0, 0.05) is 19.1 Å². The Balaban J connectivity index is 2.10. The fourth-order valence-corrected chi connectivity index (χ4v) is 2.36. The smallest absolute Gasteiger partial charge is 0.424 e. The predicted molar refractivity (Wildman–Crippen MR) is 92.7 cm³/mol. The van der Waals surface area contributed by atoms with Gasteiger partial charge in [-0.3, -0.25) is 14.9 Å². The average Bonchev–Trinajstić information content (AvgIpc) is 2.60. The lowest BCUT2D eigenvalue weighted by Gasteiger charge is -2.24. The second-order valence-electron chi connectivity index (χ2n) is 5.54. The first-order valence-corrected chi connectivity index (χ1v) is 7.82. The maximum absolute atomic E-state index is 12.1. The van der Waals surface area contributed by atoms with E-state index in [1.54, 1.807) is 31.2 Å². The predicted octanol–water partition coefficient (Wildman–Crippen LogP) is 3.38. The number of carbonyl (C=O) groups excluding carboxylic acids is 2. The van der Waals surface area contributed by atoms with Crippen molar-refractivity contribution in [3.8, 4) is 5.75 Å². The number of carbonyl (C=O) groups is 2. The molecule has 2 unspecified atom stereocenters. The number of rotatable bonds is 6. The lowest BCUT2D eigenvalue weighted by atomic mass is 10.0. The zero-order chi connectivity index (χ0) is 19.1. The zero-order valence-corrected chi connectivity index (χ0v) is 14.2. The molecule has 0 spiro atoms. The lowest BCUT2D eigenvalue weighted by molar-refractivity contribution is -0.384. The summed E-state index contributed by atoms with van der Waals surface area (Å²) in [5, 5.41) is 13.3. The molecule has 136 valence electrons. The number of non-ortho nitro benzene ring substituents is 1. The molecule has 0 aliphatic carbocycles. The molecule has 0 heterocycles. The van der Waals surface area contributed by atoms with Crippen LogP contribution in [0.5, 0.6) is 5.75 Å². The van der Waals surface area contributed by atoms with E-state index < -0.39 is 23.2 Å². The molecule has 2 atom stereocenters. The highest BCUT2D eigenvalue weighted by atomic mass is 16.7. The molecule has 1 N–H and O–H groups in total. The zero-order valence-electron chi connectivity index (χ0n) is 14.2. The summed E-state index contributed by atoms with van der Waals surface area (Å²) < 4.78 is 10.4. The van der Waals surface area contributed by atoms with Crippen LogP contribution in [-0.2, 0) is 9.53 Å². The minimum Gasteiger partial charge on any atom is -0.424 e. The SMILES string of the molecule is CC(=O)NC(C)C(OC(=O)Oc1ccc([N+](=O)[O-])cc1)c1ccccc1. The Hall–Kier alpha value is -3.42. The molecule has 26 heavy (non-hydrogen) atoms. The number of benzene rings is 2. The number of nitro benzene ring substituents is 1. The van der Waals surface area contributed by atoms with Crippen LogP contribution >= 0.6 is 0 Å². The van der Waals surface area contributed by atoms with Crippen LogP contribution in [0, 0.1) is 10.1 Å². The summed E-state index contributed by atoms with van der Waals surface area (Å²) in [6.45, 7) is 3.08. The second-order valence-corrected chi connectivity index (χ2v) is 5.54. The van der Waals surface area contributed by atoms with Gasteiger partial charge in [-0.2, -0.15) is 0 Å². The van der Waals surface area contributed by atoms with Gasteiger partial charge in [0.1, 0.15) is 5.75 Å². The summed E-state index contributed by atoms with van der Waals surface area (Å²) in [5.74, 6) is -0.148. The summed E-state index contributed by atoms with van der Waals surface area (Å²) >= 11 is 0. The van der Waals surface area contributed by atoms with Crippen LogP contribution in [0.2, 0.25) is 0 Å². The number of nitrogens with zero attached hydrogens (tertiary/aromatic N) is 1. The number of amides is 1. The Bertz CT molecular complexity index is 776. The van der Waals surface area contributed by atoms with E-state index in [-0.39, 0.29) is 17.3 Å². The van der Waals surface area contributed by atoms with Crippen LogP contribution in [0.15, 0.2) is 54.6 Å². The monoisotopic (exact) mass is 358 g/mol. The van der Waals surface area contributed by atoms with Crippen LogP contribution in [-0.4, -0.2) is 23.0 Å². The van der Waals surface area contributed by atoms with Crippen molar-refractivity contribution in [2.45, 2.75) is 26.0 Å². The van der Waals surface area contributed by atoms with Crippen molar-refractivity contribution in [2.75, 3.05) is 0 Å². The lowest BCUT2D eigenvalue weighted by Crippen LogP contribution is -2.37. The van der Waals surface area contributed by atoms with Crippen molar-refractivity contribution in [2.24, 2.45) is 0 Å². The Morgan fingerprint density at radius 1 is 1.08 bits per heavy atom. The van der Waals surface area contributed by atoms with Crippen LogP contribution in [0.4, 0.5) is 10.5 Å². The molecule has 0 saturated heterocycles. The summed E-state index contributed by atoms with van der Waals surface area (Å²) in [6, 6.07) is 13.5. The highest BCUT2D eigenvalue weighted by Crippen LogP contribution is 2.23. The number of hydrogen-bond donors (Lipinski definition) is 1. The summed E-state index contributed by atoms with van der Waals surface area (Å²) in [4.78, 5) is 33.5. The van der Waals surface area contributed by atoms with Gasteiger partial charge >= 0.3 is 6.16 Å². The topological polar surface area (TPSA) is 108 Å². The van der Waals surface area contributed by atoms with E-state index in [1.165, 1.54) is 31.2 Å². The number of nitrogens with one attached hydrogen (secondary N) is 1. The highest BCUT2D eigenvalue weighted by molar-refractivity contribution is 5.73. The molecule has 0 aliphatic heterocycles. The third kappa shape index (κ3) is 5.30. The highest BCUT2D eigenvalue weighted by Gasteiger charge is 2.25. The Kier molecular flexibility index (Phi) is 6.26. The molecule has 8 nitrogen and oxygen atoms in total. The fraction of sp³-hybridized carbons (Fsp3) is 0.222. The van der Waals surface area contributed by atoms with Crippen molar-refractivity contribution >= 4 is 17.7 Å². The van der Waals surface area contributed by atoms with E-state index in [2.05, 4.69) is 5.32 Å². The van der Waals surface area contributed by atoms with Crippen LogP contribution in [0.1, 0.15) is 25.5 Å². The second kappa shape index (κ2) is 8.61. The van der Waals surface area contributed by atoms with E-state index in [0.717, 1.165) is 0 Å². The molecule has 1 amide bonds. The van der Waals surface area contributed by atoms with Crippen molar-refractivity contribution in [3.63, 3.8) is 0 Å². The summed E-state index contributed by atoms with van der Waals surface area (Å²) in [6.07, 6.45) is -1.74. The standard InChI is InChI=1S/C18H18N2O6/c1-12(19-13(2)21)17(14-6-4-3-5-7-14)26-18(22)25-16-10-8-15(9-11-16)20(23)24/h3-12,17H,1-2H3,(H,19,21). The van der Waals surface area contributed by atoms with Crippen LogP contribution in [0.25, 0.3) is 0 Å². The quantitative estimate of drug-likeness (QED) is 0.367. The van der Waals surface area contributed by atoms with E-state index in [4.69, 9.17) is 9.47 Å². The molecule has 2 rings (SSSR count). The average molecular weight is 358 g/mol. The molecule has 0 aliphatic rings. The minimum absolute atomic E-state index is 0.111. The number of nitro groups is 1. The Labute approximate surface area is 149 Å². The Morgan fingerprint density at radius 3 is 2.23 bits per heavy atom. The van der Waals surface area contributed by atoms with E-state index in [0.29, 0.717) is 5.56 Å². The van der Waals surface area contributed by atoms with Gasteiger partial charge in [0.2, 0.25) is 5.91 Å². The number of hydrogen-bond acceptors (Lipinski definition) is 6. The molecule has 0 aromatic heterocycles. The van der Waals surface area contributed by atoms with Crippen LogP contribution in [0.3, 0.4) is 0 Å². The summed E-state index contributed by atoms with van der Waals surface area (Å²) in [7, 11) is 0. The van der Waals surface area contributed by atoms with E-state index >= 15 is 0 Å². The molecule has 8 heteroatoms. The van der Waals surface area contributed by atoms with Gasteiger partial charge in [0.15, 0.2) is 6.10 Å².